The minimum atomic E-state index is -1.22. The monoisotopic (exact) mass is 686 g/mol. The molecule has 1 aliphatic heterocycles. The number of hydrogen-bond donors (Lipinski definition) is 5. The van der Waals surface area contributed by atoms with Gasteiger partial charge in [-0.25, -0.2) is 14.4 Å². The lowest BCUT2D eigenvalue weighted by atomic mass is 9.95. The number of nitrogens with zero attached hydrogens (tertiary/aromatic N) is 1. The van der Waals surface area contributed by atoms with Gasteiger partial charge in [0.1, 0.15) is 13.2 Å². The predicted molar refractivity (Wildman–Crippen MR) is 173 cm³/mol. The molecule has 4 rings (SSSR count). The Morgan fingerprint density at radius 2 is 1.74 bits per heavy atom. The number of hydrogen-bond acceptors (Lipinski definition) is 10. The van der Waals surface area contributed by atoms with Crippen LogP contribution in [0.2, 0.25) is 10.0 Å². The van der Waals surface area contributed by atoms with Crippen LogP contribution < -0.4 is 30.3 Å². The van der Waals surface area contributed by atoms with Crippen molar-refractivity contribution < 1.29 is 43.5 Å². The molecule has 2 amide bonds. The molecule has 3 aromatic rings. The smallest absolute Gasteiger partial charge is 0.337 e. The maximum Gasteiger partial charge on any atom is 0.337 e. The maximum atomic E-state index is 12.4. The lowest BCUT2D eigenvalue weighted by Crippen LogP contribution is -2.45. The second-order valence-corrected chi connectivity index (χ2v) is 10.8. The number of urea groups is 1. The van der Waals surface area contributed by atoms with Crippen LogP contribution in [-0.4, -0.2) is 60.9 Å². The number of amides is 2. The molecule has 0 saturated carbocycles. The SMILES string of the molecule is CCOc1cc([C@@H]2NC(=O)NC(C)=C2C(=O)OC)ccc1OC[C@@H](O)N/N=C\c1cc(Cl)c(OCc2ccc(C(=O)O)cc2)c(Cl)c1. The molecule has 0 aliphatic carbocycles. The molecule has 5 N–H and O–H groups in total. The third-order valence-electron chi connectivity index (χ3n) is 6.71. The fourth-order valence-electron chi connectivity index (χ4n) is 4.51. The zero-order valence-corrected chi connectivity index (χ0v) is 27.0. The highest BCUT2D eigenvalue weighted by molar-refractivity contribution is 6.37. The Kier molecular flexibility index (Phi) is 11.9. The summed E-state index contributed by atoms with van der Waals surface area (Å²) < 4.78 is 22.1. The molecule has 1 heterocycles. The number of benzene rings is 3. The number of ether oxygens (including phenoxy) is 4. The van der Waals surface area contributed by atoms with Crippen molar-refractivity contribution in [2.75, 3.05) is 20.3 Å². The van der Waals surface area contributed by atoms with Crippen molar-refractivity contribution in [2.45, 2.75) is 32.7 Å². The lowest BCUT2D eigenvalue weighted by Gasteiger charge is -2.28. The van der Waals surface area contributed by atoms with E-state index < -0.39 is 30.2 Å². The number of carboxylic acid groups (broad SMARTS) is 1. The Labute approximate surface area is 280 Å². The van der Waals surface area contributed by atoms with Gasteiger partial charge in [-0.1, -0.05) is 41.4 Å². The molecule has 13 nitrogen and oxygen atoms in total. The predicted octanol–water partition coefficient (Wildman–Crippen LogP) is 4.79. The van der Waals surface area contributed by atoms with Gasteiger partial charge in [0.2, 0.25) is 0 Å². The summed E-state index contributed by atoms with van der Waals surface area (Å²) >= 11 is 12.7. The first kappa shape index (κ1) is 34.9. The molecular formula is C32H32Cl2N4O9. The Hall–Kier alpha value is -4.98. The summed E-state index contributed by atoms with van der Waals surface area (Å²) in [7, 11) is 1.26. The van der Waals surface area contributed by atoms with Crippen LogP contribution >= 0.6 is 23.2 Å². The number of aromatic carboxylic acids is 1. The van der Waals surface area contributed by atoms with Gasteiger partial charge in [-0.15, -0.1) is 0 Å². The summed E-state index contributed by atoms with van der Waals surface area (Å²) in [4.78, 5) is 35.6. The van der Waals surface area contributed by atoms with Crippen molar-refractivity contribution >= 4 is 47.4 Å². The van der Waals surface area contributed by atoms with Gasteiger partial charge in [0.15, 0.2) is 23.5 Å². The highest BCUT2D eigenvalue weighted by Crippen LogP contribution is 2.36. The van der Waals surface area contributed by atoms with Crippen molar-refractivity contribution in [3.63, 3.8) is 0 Å². The Balaban J connectivity index is 1.36. The molecule has 1 aliphatic rings. The summed E-state index contributed by atoms with van der Waals surface area (Å²) in [5.74, 6) is -0.718. The number of rotatable bonds is 14. The second-order valence-electron chi connectivity index (χ2n) is 10.0. The number of carbonyl (C=O) groups is 3. The van der Waals surface area contributed by atoms with Crippen molar-refractivity contribution in [1.29, 1.82) is 0 Å². The molecule has 3 aromatic carbocycles. The maximum absolute atomic E-state index is 12.4. The molecule has 47 heavy (non-hydrogen) atoms. The molecule has 0 bridgehead atoms. The van der Waals surface area contributed by atoms with Gasteiger partial charge in [-0.05, 0) is 66.9 Å². The van der Waals surface area contributed by atoms with Crippen LogP contribution in [0.1, 0.15) is 46.9 Å². The van der Waals surface area contributed by atoms with E-state index in [2.05, 4.69) is 21.2 Å². The van der Waals surface area contributed by atoms with Crippen molar-refractivity contribution in [3.05, 3.63) is 98.2 Å². The first-order chi connectivity index (χ1) is 22.5. The summed E-state index contributed by atoms with van der Waals surface area (Å²) in [5.41, 5.74) is 5.14. The van der Waals surface area contributed by atoms with Crippen LogP contribution in [0.15, 0.2) is 71.0 Å². The number of esters is 1. The summed E-state index contributed by atoms with van der Waals surface area (Å²) in [6.45, 7) is 3.61. The number of carboxylic acids is 1. The molecule has 2 atom stereocenters. The van der Waals surface area contributed by atoms with E-state index in [4.69, 9.17) is 47.3 Å². The van der Waals surface area contributed by atoms with Crippen LogP contribution in [0.4, 0.5) is 4.79 Å². The van der Waals surface area contributed by atoms with Gasteiger partial charge in [0.05, 0.1) is 47.2 Å². The topological polar surface area (TPSA) is 177 Å². The standard InChI is InChI=1S/C32H32Cl2N4O9/c1-4-45-25-13-21(28-27(31(42)44-3)17(2)36-32(43)37-28)9-10-24(25)46-16-26(39)38-35-14-19-11-22(33)29(23(34)12-19)47-15-18-5-7-20(8-6-18)30(40)41/h5-14,26,28,38-39H,4,15-16H2,1-3H3,(H,40,41)(H2,36,37,43)/b35-14-/t26-,28+/m1/s1. The number of methoxy groups -OCH3 is 1. The average Bonchev–Trinajstić information content (AvgIpc) is 3.03. The third-order valence-corrected chi connectivity index (χ3v) is 7.28. The molecule has 0 aromatic heterocycles. The molecule has 0 fully saturated rings. The third kappa shape index (κ3) is 9.06. The fraction of sp³-hybridized carbons (Fsp3) is 0.250. The zero-order chi connectivity index (χ0) is 34.1. The molecule has 0 unspecified atom stereocenters. The summed E-state index contributed by atoms with van der Waals surface area (Å²) in [5, 5.41) is 29.2. The van der Waals surface area contributed by atoms with Crippen LogP contribution in [0.25, 0.3) is 0 Å². The van der Waals surface area contributed by atoms with Crippen LogP contribution in [0, 0.1) is 0 Å². The quantitative estimate of drug-likeness (QED) is 0.0686. The zero-order valence-electron chi connectivity index (χ0n) is 25.5. The number of nitrogens with one attached hydrogen (secondary N) is 3. The Morgan fingerprint density at radius 3 is 2.38 bits per heavy atom. The summed E-state index contributed by atoms with van der Waals surface area (Å²) in [6, 6.07) is 13.0. The number of aliphatic hydroxyl groups excluding tert-OH is 1. The fourth-order valence-corrected chi connectivity index (χ4v) is 5.12. The molecular weight excluding hydrogens is 655 g/mol. The van der Waals surface area contributed by atoms with E-state index in [1.165, 1.54) is 25.5 Å². The van der Waals surface area contributed by atoms with Crippen molar-refractivity contribution in [1.82, 2.24) is 16.1 Å². The largest absolute Gasteiger partial charge is 0.490 e. The van der Waals surface area contributed by atoms with Crippen LogP contribution in [0.3, 0.4) is 0 Å². The lowest BCUT2D eigenvalue weighted by molar-refractivity contribution is -0.136. The van der Waals surface area contributed by atoms with Gasteiger partial charge < -0.3 is 39.8 Å². The number of hydrazone groups is 1. The molecule has 0 radical (unpaired) electrons. The highest BCUT2D eigenvalue weighted by atomic mass is 35.5. The van der Waals surface area contributed by atoms with E-state index in [9.17, 15) is 19.5 Å². The normalized spacial score (nSPS) is 15.0. The van der Waals surface area contributed by atoms with Crippen molar-refractivity contribution in [2.24, 2.45) is 5.10 Å². The minimum Gasteiger partial charge on any atom is -0.490 e. The van der Waals surface area contributed by atoms with Gasteiger partial charge in [0.25, 0.3) is 0 Å². The van der Waals surface area contributed by atoms with Gasteiger partial charge in [-0.2, -0.15) is 5.10 Å². The average molecular weight is 688 g/mol. The van der Waals surface area contributed by atoms with Crippen LogP contribution in [0.5, 0.6) is 17.2 Å². The van der Waals surface area contributed by atoms with E-state index in [-0.39, 0.29) is 40.1 Å². The van der Waals surface area contributed by atoms with E-state index in [0.717, 1.165) is 5.56 Å². The first-order valence-electron chi connectivity index (χ1n) is 14.2. The second kappa shape index (κ2) is 16.0. The molecule has 0 spiro atoms. The number of aliphatic hydroxyl groups is 1. The molecule has 248 valence electrons. The van der Waals surface area contributed by atoms with E-state index in [1.54, 1.807) is 56.3 Å². The van der Waals surface area contributed by atoms with Crippen LogP contribution in [-0.2, 0) is 16.1 Å². The van der Waals surface area contributed by atoms with E-state index in [0.29, 0.717) is 34.9 Å². The molecule has 15 heteroatoms. The minimum absolute atomic E-state index is 0.119. The van der Waals surface area contributed by atoms with Gasteiger partial charge >= 0.3 is 18.0 Å². The number of halogens is 2. The van der Waals surface area contributed by atoms with E-state index in [1.807, 2.05) is 0 Å². The Morgan fingerprint density at radius 1 is 1.04 bits per heavy atom. The van der Waals surface area contributed by atoms with Gasteiger partial charge in [0, 0.05) is 5.70 Å². The first-order valence-corrected chi connectivity index (χ1v) is 14.9. The van der Waals surface area contributed by atoms with E-state index >= 15 is 0 Å². The van der Waals surface area contributed by atoms with Gasteiger partial charge in [-0.3, -0.25) is 5.43 Å². The highest BCUT2D eigenvalue weighted by Gasteiger charge is 2.32. The van der Waals surface area contributed by atoms with Crippen molar-refractivity contribution in [3.8, 4) is 17.2 Å². The number of allylic oxidation sites excluding steroid dienone is 1. The Bertz CT molecular complexity index is 1670. The summed E-state index contributed by atoms with van der Waals surface area (Å²) in [6.07, 6.45) is 0.180. The number of carbonyl (C=O) groups excluding carboxylic acids is 2. The molecule has 0 saturated heterocycles.